The molecule has 1 heterocycles. The molecular formula is C16H33N5O3S2. The maximum Gasteiger partial charge on any atom is 0.240 e. The second-order valence-electron chi connectivity index (χ2n) is 7.22. The van der Waals surface area contributed by atoms with E-state index in [0.717, 1.165) is 11.5 Å². The van der Waals surface area contributed by atoms with Crippen LogP contribution in [0.4, 0.5) is 0 Å². The van der Waals surface area contributed by atoms with E-state index in [1.165, 1.54) is 0 Å². The number of carbonyl (C=O) groups excluding carboxylic acids is 1. The van der Waals surface area contributed by atoms with Gasteiger partial charge in [0.15, 0.2) is 5.96 Å². The number of hydrogen-bond donors (Lipinski definition) is 2. The molecule has 0 aromatic rings. The van der Waals surface area contributed by atoms with Crippen LogP contribution in [0.15, 0.2) is 4.99 Å². The van der Waals surface area contributed by atoms with Gasteiger partial charge < -0.3 is 15.5 Å². The Morgan fingerprint density at radius 1 is 1.27 bits per heavy atom. The van der Waals surface area contributed by atoms with Gasteiger partial charge in [-0.15, -0.1) is 0 Å². The number of hydrogen-bond acceptors (Lipinski definition) is 5. The van der Waals surface area contributed by atoms with Crippen molar-refractivity contribution in [2.24, 2.45) is 4.99 Å². The highest BCUT2D eigenvalue weighted by atomic mass is 32.2. The number of amides is 1. The lowest BCUT2D eigenvalue weighted by Gasteiger charge is -2.26. The molecule has 10 heteroatoms. The van der Waals surface area contributed by atoms with E-state index in [-0.39, 0.29) is 30.3 Å². The maximum absolute atomic E-state index is 12.4. The van der Waals surface area contributed by atoms with Gasteiger partial charge in [-0.3, -0.25) is 9.79 Å². The maximum atomic E-state index is 12.4. The summed E-state index contributed by atoms with van der Waals surface area (Å²) in [6, 6.07) is 0. The number of carbonyl (C=O) groups is 1. The first kappa shape index (κ1) is 23.0. The van der Waals surface area contributed by atoms with Gasteiger partial charge in [0.05, 0.1) is 18.8 Å². The van der Waals surface area contributed by atoms with Crippen molar-refractivity contribution in [2.75, 3.05) is 57.0 Å². The zero-order valence-electron chi connectivity index (χ0n) is 16.5. The Labute approximate surface area is 162 Å². The summed E-state index contributed by atoms with van der Waals surface area (Å²) in [5.74, 6) is 2.09. The smallest absolute Gasteiger partial charge is 0.240 e. The Morgan fingerprint density at radius 2 is 1.88 bits per heavy atom. The van der Waals surface area contributed by atoms with Gasteiger partial charge in [-0.2, -0.15) is 11.8 Å². The van der Waals surface area contributed by atoms with Gasteiger partial charge in [-0.1, -0.05) is 0 Å². The van der Waals surface area contributed by atoms with Crippen LogP contribution in [0.2, 0.25) is 0 Å². The van der Waals surface area contributed by atoms with Crippen LogP contribution in [0.3, 0.4) is 0 Å². The molecule has 8 nitrogen and oxygen atoms in total. The molecule has 1 amide bonds. The van der Waals surface area contributed by atoms with Crippen LogP contribution in [0, 0.1) is 0 Å². The van der Waals surface area contributed by atoms with Crippen LogP contribution in [-0.4, -0.2) is 92.1 Å². The van der Waals surface area contributed by atoms with E-state index in [2.05, 4.69) is 15.6 Å². The number of aliphatic imine (C=N–C) groups is 1. The molecule has 0 aromatic heterocycles. The first-order valence-corrected chi connectivity index (χ1v) is 11.7. The van der Waals surface area contributed by atoms with E-state index in [1.807, 2.05) is 27.7 Å². The van der Waals surface area contributed by atoms with E-state index in [0.29, 0.717) is 25.6 Å². The van der Waals surface area contributed by atoms with E-state index >= 15 is 0 Å². The average Bonchev–Trinajstić information content (AvgIpc) is 2.53. The van der Waals surface area contributed by atoms with Gasteiger partial charge in [0.25, 0.3) is 0 Å². The molecule has 1 aliphatic heterocycles. The molecule has 1 saturated heterocycles. The fraction of sp³-hybridized carbons (Fsp3) is 0.875. The Balaban J connectivity index is 2.62. The summed E-state index contributed by atoms with van der Waals surface area (Å²) in [5, 5.41) is 6.00. The first-order chi connectivity index (χ1) is 12.0. The quantitative estimate of drug-likeness (QED) is 0.462. The van der Waals surface area contributed by atoms with Crippen LogP contribution < -0.4 is 10.6 Å². The highest BCUT2D eigenvalue weighted by Gasteiger charge is 2.23. The van der Waals surface area contributed by atoms with Gasteiger partial charge in [-0.25, -0.2) is 12.7 Å². The minimum absolute atomic E-state index is 0.0193. The van der Waals surface area contributed by atoms with Crippen LogP contribution in [0.1, 0.15) is 27.7 Å². The van der Waals surface area contributed by atoms with Crippen molar-refractivity contribution >= 4 is 33.7 Å². The SMILES string of the molecule is CCNC(=NCCS(=O)(=O)N1CCSCC1)N(C)CC(=O)NC(C)(C)C. The van der Waals surface area contributed by atoms with Crippen molar-refractivity contribution in [3.05, 3.63) is 0 Å². The fourth-order valence-electron chi connectivity index (χ4n) is 2.44. The third-order valence-electron chi connectivity index (χ3n) is 3.57. The Bertz CT molecular complexity index is 581. The zero-order valence-corrected chi connectivity index (χ0v) is 18.2. The summed E-state index contributed by atoms with van der Waals surface area (Å²) in [4.78, 5) is 18.2. The number of likely N-dealkylation sites (N-methyl/N-ethyl adjacent to an activating group) is 1. The van der Waals surface area contributed by atoms with Gasteiger partial charge in [0, 0.05) is 43.7 Å². The second-order valence-corrected chi connectivity index (χ2v) is 10.5. The molecule has 0 saturated carbocycles. The lowest BCUT2D eigenvalue weighted by molar-refractivity contribution is -0.122. The van der Waals surface area contributed by atoms with Gasteiger partial charge in [-0.05, 0) is 27.7 Å². The summed E-state index contributed by atoms with van der Waals surface area (Å²) < 4.78 is 26.3. The predicted octanol–water partition coefficient (Wildman–Crippen LogP) is 0.177. The average molecular weight is 408 g/mol. The van der Waals surface area contributed by atoms with E-state index in [1.54, 1.807) is 28.0 Å². The summed E-state index contributed by atoms with van der Waals surface area (Å²) in [5.41, 5.74) is -0.297. The first-order valence-electron chi connectivity index (χ1n) is 8.91. The predicted molar refractivity (Wildman–Crippen MR) is 109 cm³/mol. The molecule has 0 atom stereocenters. The van der Waals surface area contributed by atoms with Crippen molar-refractivity contribution in [2.45, 2.75) is 33.2 Å². The van der Waals surface area contributed by atoms with Crippen LogP contribution in [-0.2, 0) is 14.8 Å². The van der Waals surface area contributed by atoms with Crippen molar-refractivity contribution < 1.29 is 13.2 Å². The Kier molecular flexibility index (Phi) is 9.18. The molecule has 0 spiro atoms. The van der Waals surface area contributed by atoms with E-state index in [9.17, 15) is 13.2 Å². The standard InChI is InChI=1S/C16H33N5O3S2/c1-6-17-15(20(5)13-14(22)19-16(2,3)4)18-7-12-26(23,24)21-8-10-25-11-9-21/h6-13H2,1-5H3,(H,17,18)(H,19,22). The van der Waals surface area contributed by atoms with Crippen molar-refractivity contribution in [1.82, 2.24) is 19.8 Å². The van der Waals surface area contributed by atoms with Crippen molar-refractivity contribution in [3.8, 4) is 0 Å². The minimum Gasteiger partial charge on any atom is -0.357 e. The third kappa shape index (κ3) is 8.59. The fourth-order valence-corrected chi connectivity index (χ4v) is 4.89. The molecule has 1 fully saturated rings. The van der Waals surface area contributed by atoms with Crippen LogP contribution in [0.5, 0.6) is 0 Å². The molecule has 0 bridgehead atoms. The summed E-state index contributed by atoms with van der Waals surface area (Å²) >= 11 is 1.78. The van der Waals surface area contributed by atoms with Crippen molar-refractivity contribution in [1.29, 1.82) is 0 Å². The number of nitrogens with zero attached hydrogens (tertiary/aromatic N) is 3. The number of rotatable bonds is 7. The molecule has 1 rings (SSSR count). The van der Waals surface area contributed by atoms with Crippen LogP contribution >= 0.6 is 11.8 Å². The number of nitrogens with one attached hydrogen (secondary N) is 2. The van der Waals surface area contributed by atoms with E-state index < -0.39 is 10.0 Å². The number of guanidine groups is 1. The summed E-state index contributed by atoms with van der Waals surface area (Å²) in [6.07, 6.45) is 0. The molecule has 0 aromatic carbocycles. The molecule has 0 aliphatic carbocycles. The topological polar surface area (TPSA) is 94.1 Å². The highest BCUT2D eigenvalue weighted by Crippen LogP contribution is 2.13. The largest absolute Gasteiger partial charge is 0.357 e. The van der Waals surface area contributed by atoms with Crippen molar-refractivity contribution in [3.63, 3.8) is 0 Å². The monoisotopic (exact) mass is 407 g/mol. The Hall–Kier alpha value is -1.00. The molecule has 0 unspecified atom stereocenters. The van der Waals surface area contributed by atoms with Gasteiger partial charge in [0.2, 0.25) is 15.9 Å². The summed E-state index contributed by atoms with van der Waals surface area (Å²) in [7, 11) is -1.52. The zero-order chi connectivity index (χ0) is 19.8. The highest BCUT2D eigenvalue weighted by molar-refractivity contribution is 7.99. The number of thioether (sulfide) groups is 1. The normalized spacial score (nSPS) is 17.0. The molecule has 1 aliphatic rings. The van der Waals surface area contributed by atoms with E-state index in [4.69, 9.17) is 0 Å². The third-order valence-corrected chi connectivity index (χ3v) is 6.36. The lowest BCUT2D eigenvalue weighted by Crippen LogP contribution is -2.49. The van der Waals surface area contributed by atoms with Crippen LogP contribution in [0.25, 0.3) is 0 Å². The second kappa shape index (κ2) is 10.4. The minimum atomic E-state index is -3.28. The van der Waals surface area contributed by atoms with Gasteiger partial charge in [0.1, 0.15) is 0 Å². The molecule has 0 radical (unpaired) electrons. The summed E-state index contributed by atoms with van der Waals surface area (Å²) in [6.45, 7) is 9.81. The molecular weight excluding hydrogens is 374 g/mol. The molecule has 152 valence electrons. The lowest BCUT2D eigenvalue weighted by atomic mass is 10.1. The molecule has 26 heavy (non-hydrogen) atoms. The Morgan fingerprint density at radius 3 is 2.42 bits per heavy atom. The number of sulfonamides is 1. The van der Waals surface area contributed by atoms with Gasteiger partial charge >= 0.3 is 0 Å². The molecule has 2 N–H and O–H groups in total.